The molecule has 2 rings (SSSR count). The maximum absolute atomic E-state index is 13.1. The minimum absolute atomic E-state index is 0.0932. The van der Waals surface area contributed by atoms with Crippen LogP contribution in [0.1, 0.15) is 51.9 Å². The maximum atomic E-state index is 13.1. The van der Waals surface area contributed by atoms with Crippen LogP contribution < -0.4 is 5.73 Å². The third-order valence-electron chi connectivity index (χ3n) is 4.58. The molecule has 0 aromatic heterocycles. The fraction of sp³-hybridized carbons (Fsp3) is 0.867. The molecule has 1 amide bonds. The average molecular weight is 298 g/mol. The molecule has 20 heavy (non-hydrogen) atoms. The van der Waals surface area contributed by atoms with Crippen LogP contribution >= 0.6 is 12.2 Å². The molecule has 0 aromatic rings. The average Bonchev–Trinajstić information content (AvgIpc) is 2.78. The molecule has 1 unspecified atom stereocenters. The van der Waals surface area contributed by atoms with Gasteiger partial charge in [0.05, 0.1) is 16.5 Å². The van der Waals surface area contributed by atoms with E-state index >= 15 is 0 Å². The molecular formula is C15H26N2O2S. The van der Waals surface area contributed by atoms with Gasteiger partial charge in [-0.15, -0.1) is 0 Å². The van der Waals surface area contributed by atoms with Crippen LogP contribution in [0.15, 0.2) is 0 Å². The highest BCUT2D eigenvalue weighted by atomic mass is 32.1. The molecule has 4 nitrogen and oxygen atoms in total. The van der Waals surface area contributed by atoms with Gasteiger partial charge in [-0.05, 0) is 26.2 Å². The summed E-state index contributed by atoms with van der Waals surface area (Å²) in [4.78, 5) is 15.4. The zero-order chi connectivity index (χ0) is 14.6. The summed E-state index contributed by atoms with van der Waals surface area (Å²) in [6.07, 6.45) is 7.06. The molecule has 2 N–H and O–H groups in total. The predicted molar refractivity (Wildman–Crippen MR) is 83.5 cm³/mol. The summed E-state index contributed by atoms with van der Waals surface area (Å²) >= 11 is 5.30. The maximum Gasteiger partial charge on any atom is 0.235 e. The van der Waals surface area contributed by atoms with Gasteiger partial charge in [-0.3, -0.25) is 4.79 Å². The summed E-state index contributed by atoms with van der Waals surface area (Å²) in [5.74, 6) is 0.143. The lowest BCUT2D eigenvalue weighted by Gasteiger charge is -2.36. The molecule has 1 atom stereocenters. The Morgan fingerprint density at radius 1 is 1.25 bits per heavy atom. The van der Waals surface area contributed by atoms with Gasteiger partial charge in [0, 0.05) is 19.7 Å². The second-order valence-corrected chi connectivity index (χ2v) is 6.59. The molecule has 1 aliphatic carbocycles. The zero-order valence-corrected chi connectivity index (χ0v) is 13.2. The lowest BCUT2D eigenvalue weighted by molar-refractivity contribution is -0.139. The van der Waals surface area contributed by atoms with E-state index in [0.717, 1.165) is 45.3 Å². The number of ether oxygens (including phenoxy) is 1. The summed E-state index contributed by atoms with van der Waals surface area (Å²) in [7, 11) is 0. The molecule has 1 heterocycles. The molecule has 0 aromatic carbocycles. The Hall–Kier alpha value is -0.680. The van der Waals surface area contributed by atoms with Crippen LogP contribution in [-0.4, -0.2) is 41.6 Å². The van der Waals surface area contributed by atoms with Gasteiger partial charge in [0.25, 0.3) is 0 Å². The first kappa shape index (κ1) is 15.7. The number of nitrogens with two attached hydrogens (primary N) is 1. The van der Waals surface area contributed by atoms with Crippen LogP contribution in [0.4, 0.5) is 0 Å². The quantitative estimate of drug-likeness (QED) is 0.627. The number of hydrogen-bond donors (Lipinski definition) is 1. The van der Waals surface area contributed by atoms with Crippen LogP contribution in [-0.2, 0) is 9.53 Å². The van der Waals surface area contributed by atoms with E-state index in [2.05, 4.69) is 0 Å². The van der Waals surface area contributed by atoms with Gasteiger partial charge >= 0.3 is 0 Å². The van der Waals surface area contributed by atoms with Crippen LogP contribution in [0.25, 0.3) is 0 Å². The minimum Gasteiger partial charge on any atom is -0.392 e. The number of amides is 1. The van der Waals surface area contributed by atoms with E-state index in [1.165, 1.54) is 12.8 Å². The van der Waals surface area contributed by atoms with Gasteiger partial charge in [0.1, 0.15) is 0 Å². The summed E-state index contributed by atoms with van der Waals surface area (Å²) in [5.41, 5.74) is 5.40. The third kappa shape index (κ3) is 3.31. The second-order valence-electron chi connectivity index (χ2n) is 6.15. The molecule has 2 fully saturated rings. The lowest BCUT2D eigenvalue weighted by atomic mass is 9.78. The molecule has 1 aliphatic heterocycles. The Bertz CT molecular complexity index is 365. The smallest absolute Gasteiger partial charge is 0.235 e. The first-order valence-electron chi connectivity index (χ1n) is 7.77. The van der Waals surface area contributed by atoms with Crippen molar-refractivity contribution in [2.75, 3.05) is 19.7 Å². The van der Waals surface area contributed by atoms with Crippen molar-refractivity contribution in [2.45, 2.75) is 58.0 Å². The predicted octanol–water partition coefficient (Wildman–Crippen LogP) is 2.25. The van der Waals surface area contributed by atoms with Gasteiger partial charge in [-0.1, -0.05) is 37.9 Å². The Kier molecular flexibility index (Phi) is 5.38. The molecule has 0 spiro atoms. The fourth-order valence-electron chi connectivity index (χ4n) is 3.38. The van der Waals surface area contributed by atoms with Crippen molar-refractivity contribution in [3.63, 3.8) is 0 Å². The number of nitrogens with zero attached hydrogens (tertiary/aromatic N) is 1. The van der Waals surface area contributed by atoms with Gasteiger partial charge in [0.15, 0.2) is 0 Å². The van der Waals surface area contributed by atoms with Crippen LogP contribution in [0, 0.1) is 5.41 Å². The molecule has 114 valence electrons. The molecule has 1 saturated carbocycles. The van der Waals surface area contributed by atoms with Crippen LogP contribution in [0.5, 0.6) is 0 Å². The number of thiocarbonyl (C=S) groups is 1. The van der Waals surface area contributed by atoms with E-state index < -0.39 is 5.41 Å². The van der Waals surface area contributed by atoms with E-state index in [1.807, 2.05) is 11.8 Å². The van der Waals surface area contributed by atoms with Gasteiger partial charge < -0.3 is 15.4 Å². The molecule has 0 radical (unpaired) electrons. The number of carbonyl (C=O) groups is 1. The third-order valence-corrected chi connectivity index (χ3v) is 4.97. The van der Waals surface area contributed by atoms with Crippen molar-refractivity contribution in [2.24, 2.45) is 11.1 Å². The zero-order valence-electron chi connectivity index (χ0n) is 12.4. The highest BCUT2D eigenvalue weighted by molar-refractivity contribution is 7.80. The summed E-state index contributed by atoms with van der Waals surface area (Å²) < 4.78 is 5.63. The number of rotatable bonds is 2. The highest BCUT2D eigenvalue weighted by Crippen LogP contribution is 2.37. The lowest BCUT2D eigenvalue weighted by Crippen LogP contribution is -2.51. The molecule has 1 saturated heterocycles. The van der Waals surface area contributed by atoms with E-state index in [9.17, 15) is 4.79 Å². The van der Waals surface area contributed by atoms with Crippen molar-refractivity contribution < 1.29 is 9.53 Å². The van der Waals surface area contributed by atoms with E-state index in [4.69, 9.17) is 22.7 Å². The van der Waals surface area contributed by atoms with Crippen molar-refractivity contribution in [3.8, 4) is 0 Å². The van der Waals surface area contributed by atoms with E-state index in [-0.39, 0.29) is 12.0 Å². The molecule has 0 bridgehead atoms. The topological polar surface area (TPSA) is 55.6 Å². The van der Waals surface area contributed by atoms with Gasteiger partial charge in [0.2, 0.25) is 5.91 Å². The highest BCUT2D eigenvalue weighted by Gasteiger charge is 2.44. The Labute approximate surface area is 127 Å². The summed E-state index contributed by atoms with van der Waals surface area (Å²) in [6.45, 7) is 4.16. The van der Waals surface area contributed by atoms with Crippen LogP contribution in [0.3, 0.4) is 0 Å². The van der Waals surface area contributed by atoms with Gasteiger partial charge in [-0.2, -0.15) is 0 Å². The number of carbonyl (C=O) groups excluding carboxylic acids is 1. The fourth-order valence-corrected chi connectivity index (χ4v) is 3.67. The van der Waals surface area contributed by atoms with Crippen molar-refractivity contribution in [1.82, 2.24) is 4.90 Å². The van der Waals surface area contributed by atoms with Crippen molar-refractivity contribution in [3.05, 3.63) is 0 Å². The normalized spacial score (nSPS) is 27.4. The SMILES string of the molecule is CC1CN(C(=O)C2(C(N)=S)CCCCCC2)CCCO1. The molecular weight excluding hydrogens is 272 g/mol. The first-order chi connectivity index (χ1) is 9.56. The summed E-state index contributed by atoms with van der Waals surface area (Å²) in [6, 6.07) is 0. The number of hydrogen-bond acceptors (Lipinski definition) is 3. The minimum atomic E-state index is -0.601. The second kappa shape index (κ2) is 6.85. The Morgan fingerprint density at radius 2 is 1.90 bits per heavy atom. The van der Waals surface area contributed by atoms with Crippen molar-refractivity contribution >= 4 is 23.1 Å². The van der Waals surface area contributed by atoms with E-state index in [0.29, 0.717) is 11.5 Å². The van der Waals surface area contributed by atoms with E-state index in [1.54, 1.807) is 0 Å². The van der Waals surface area contributed by atoms with Crippen molar-refractivity contribution in [1.29, 1.82) is 0 Å². The monoisotopic (exact) mass is 298 g/mol. The largest absolute Gasteiger partial charge is 0.392 e. The van der Waals surface area contributed by atoms with Gasteiger partial charge in [-0.25, -0.2) is 0 Å². The molecule has 5 heteroatoms. The molecule has 2 aliphatic rings. The Balaban J connectivity index is 2.19. The Morgan fingerprint density at radius 3 is 2.50 bits per heavy atom. The van der Waals surface area contributed by atoms with Crippen LogP contribution in [0.2, 0.25) is 0 Å². The first-order valence-corrected chi connectivity index (χ1v) is 8.18. The standard InChI is InChI=1S/C15H26N2O2S/c1-12-11-17(9-6-10-19-12)14(18)15(13(16)20)7-4-2-3-5-8-15/h12H,2-11H2,1H3,(H2,16,20). The summed E-state index contributed by atoms with van der Waals surface area (Å²) in [5, 5.41) is 0.